The lowest BCUT2D eigenvalue weighted by molar-refractivity contribution is -0.137. The van der Waals surface area contributed by atoms with E-state index in [1.165, 1.54) is 78.9 Å². The van der Waals surface area contributed by atoms with E-state index < -0.39 is 35.2 Å². The molecule has 0 heterocycles. The van der Waals surface area contributed by atoms with Gasteiger partial charge in [-0.15, -0.1) is 0 Å². The van der Waals surface area contributed by atoms with Crippen molar-refractivity contribution in [2.75, 3.05) is 0 Å². The van der Waals surface area contributed by atoms with Gasteiger partial charge in [-0.2, -0.15) is 39.5 Å². The number of hydrogen-bond donors (Lipinski definition) is 0. The summed E-state index contributed by atoms with van der Waals surface area (Å²) in [5.74, 6) is 1.36. The molecule has 52 heavy (non-hydrogen) atoms. The van der Waals surface area contributed by atoms with Crippen LogP contribution in [0.4, 0.5) is 39.5 Å². The van der Waals surface area contributed by atoms with Crippen LogP contribution >= 0.6 is 0 Å². The SMILES string of the molecule is FC(F)(F)c1ccccc1-c1ccc(-c2c(-c3ccccc3C(F)(F)F)cc(C34CC5CC(CC(C5)C3)C4)cc2-c2ccccc2C(F)(F)F)cc1. The molecule has 5 aromatic carbocycles. The molecule has 0 aromatic heterocycles. The fraction of sp³-hybridized carbons (Fsp3) is 0.302. The summed E-state index contributed by atoms with van der Waals surface area (Å²) in [5, 5.41) is 0. The van der Waals surface area contributed by atoms with Crippen molar-refractivity contribution >= 4 is 0 Å². The first-order valence-corrected chi connectivity index (χ1v) is 17.4. The maximum Gasteiger partial charge on any atom is 0.417 e. The molecule has 0 atom stereocenters. The van der Waals surface area contributed by atoms with Crippen molar-refractivity contribution in [2.24, 2.45) is 17.8 Å². The summed E-state index contributed by atoms with van der Waals surface area (Å²) in [5.41, 5.74) is -1.89. The van der Waals surface area contributed by atoms with Crippen LogP contribution in [0.1, 0.15) is 60.8 Å². The first kappa shape index (κ1) is 34.6. The van der Waals surface area contributed by atoms with Crippen molar-refractivity contribution in [2.45, 2.75) is 62.5 Å². The molecule has 0 spiro atoms. The molecule has 9 rings (SSSR count). The molecule has 0 aliphatic heterocycles. The van der Waals surface area contributed by atoms with Gasteiger partial charge in [-0.3, -0.25) is 0 Å². The normalized spacial score (nSPS) is 22.9. The molecule has 0 amide bonds. The lowest BCUT2D eigenvalue weighted by Gasteiger charge is -2.57. The molecule has 0 nitrogen and oxygen atoms in total. The molecular weight excluding hydrogens is 687 g/mol. The van der Waals surface area contributed by atoms with Crippen LogP contribution in [0.5, 0.6) is 0 Å². The molecule has 5 aromatic rings. The average Bonchev–Trinajstić information content (AvgIpc) is 3.09. The quantitative estimate of drug-likeness (QED) is 0.159. The Morgan fingerprint density at radius 2 is 0.750 bits per heavy atom. The number of alkyl halides is 9. The van der Waals surface area contributed by atoms with E-state index in [9.17, 15) is 39.5 Å². The molecule has 4 saturated carbocycles. The highest BCUT2D eigenvalue weighted by molar-refractivity contribution is 5.97. The van der Waals surface area contributed by atoms with Gasteiger partial charge in [0, 0.05) is 0 Å². The van der Waals surface area contributed by atoms with Crippen molar-refractivity contribution in [1.82, 2.24) is 0 Å². The third kappa shape index (κ3) is 6.09. The maximum absolute atomic E-state index is 14.8. The van der Waals surface area contributed by atoms with Crippen LogP contribution in [0.15, 0.2) is 109 Å². The monoisotopic (exact) mass is 720 g/mol. The molecule has 4 fully saturated rings. The fourth-order valence-electron chi connectivity index (χ4n) is 9.88. The van der Waals surface area contributed by atoms with E-state index in [4.69, 9.17) is 0 Å². The van der Waals surface area contributed by atoms with Gasteiger partial charge in [-0.05, 0) is 142 Å². The summed E-state index contributed by atoms with van der Waals surface area (Å²) < 4.78 is 130. The van der Waals surface area contributed by atoms with Gasteiger partial charge in [0.05, 0.1) is 16.7 Å². The second-order valence-electron chi connectivity index (χ2n) is 14.9. The van der Waals surface area contributed by atoms with E-state index in [0.29, 0.717) is 17.8 Å². The van der Waals surface area contributed by atoms with Crippen molar-refractivity contribution in [1.29, 1.82) is 0 Å². The molecule has 4 aliphatic carbocycles. The fourth-order valence-corrected chi connectivity index (χ4v) is 9.88. The van der Waals surface area contributed by atoms with Gasteiger partial charge in [-0.25, -0.2) is 0 Å². The van der Waals surface area contributed by atoms with E-state index in [-0.39, 0.29) is 49.9 Å². The Balaban J connectivity index is 1.43. The van der Waals surface area contributed by atoms with E-state index in [1.807, 2.05) is 0 Å². The molecule has 0 radical (unpaired) electrons. The largest absolute Gasteiger partial charge is 0.417 e. The van der Waals surface area contributed by atoms with Gasteiger partial charge >= 0.3 is 18.5 Å². The number of halogens is 9. The Morgan fingerprint density at radius 3 is 1.15 bits per heavy atom. The van der Waals surface area contributed by atoms with Gasteiger partial charge in [0.2, 0.25) is 0 Å². The second-order valence-corrected chi connectivity index (χ2v) is 14.9. The summed E-state index contributed by atoms with van der Waals surface area (Å²) >= 11 is 0. The molecule has 268 valence electrons. The molecule has 4 aliphatic rings. The topological polar surface area (TPSA) is 0 Å². The zero-order valence-electron chi connectivity index (χ0n) is 27.8. The van der Waals surface area contributed by atoms with Crippen molar-refractivity contribution in [3.8, 4) is 44.5 Å². The van der Waals surface area contributed by atoms with E-state index >= 15 is 0 Å². The first-order valence-electron chi connectivity index (χ1n) is 17.4. The Kier molecular flexibility index (Phi) is 8.16. The van der Waals surface area contributed by atoms with Crippen LogP contribution in [0.2, 0.25) is 0 Å². The molecular formula is C43H33F9. The third-order valence-corrected chi connectivity index (χ3v) is 11.6. The highest BCUT2D eigenvalue weighted by Crippen LogP contribution is 2.62. The zero-order chi connectivity index (χ0) is 36.6. The third-order valence-electron chi connectivity index (χ3n) is 11.6. The minimum Gasteiger partial charge on any atom is -0.166 e. The lowest BCUT2D eigenvalue weighted by atomic mass is 9.48. The summed E-state index contributed by atoms with van der Waals surface area (Å²) in [6.45, 7) is 0. The van der Waals surface area contributed by atoms with Gasteiger partial charge in [0.25, 0.3) is 0 Å². The molecule has 9 heteroatoms. The molecule has 0 saturated heterocycles. The van der Waals surface area contributed by atoms with Gasteiger partial charge < -0.3 is 0 Å². The Morgan fingerprint density at radius 1 is 0.404 bits per heavy atom. The van der Waals surface area contributed by atoms with Crippen LogP contribution in [0.3, 0.4) is 0 Å². The van der Waals surface area contributed by atoms with E-state index in [0.717, 1.165) is 62.3 Å². The summed E-state index contributed by atoms with van der Waals surface area (Å²) in [7, 11) is 0. The molecule has 0 N–H and O–H groups in total. The Hall–Kier alpha value is -4.53. The predicted octanol–water partition coefficient (Wildman–Crippen LogP) is 13.9. The predicted molar refractivity (Wildman–Crippen MR) is 183 cm³/mol. The standard InChI is InChI=1S/C43H33F9/c44-41(45,46)36-10-4-1-7-31(36)28-13-15-29(16-14-28)39-34(32-8-2-5-11-37(32)42(47,48)49)20-30(40-22-25-17-26(23-40)19-27(18-25)24-40)21-35(39)33-9-3-6-12-38(33)43(50,51)52/h1-16,20-21,25-27H,17-19,22-24H2. The minimum absolute atomic E-state index is 0.0935. The van der Waals surface area contributed by atoms with Crippen LogP contribution in [0, 0.1) is 17.8 Å². The minimum atomic E-state index is -4.78. The van der Waals surface area contributed by atoms with Gasteiger partial charge in [0.15, 0.2) is 0 Å². The van der Waals surface area contributed by atoms with Gasteiger partial charge in [0.1, 0.15) is 0 Å². The summed E-state index contributed by atoms with van der Waals surface area (Å²) in [4.78, 5) is 0. The van der Waals surface area contributed by atoms with Gasteiger partial charge in [-0.1, -0.05) is 78.9 Å². The maximum atomic E-state index is 14.8. The average molecular weight is 721 g/mol. The first-order chi connectivity index (χ1) is 24.6. The van der Waals surface area contributed by atoms with Crippen LogP contribution in [0.25, 0.3) is 44.5 Å². The lowest BCUT2D eigenvalue weighted by Crippen LogP contribution is -2.48. The highest BCUT2D eigenvalue weighted by atomic mass is 19.4. The van der Waals surface area contributed by atoms with Crippen LogP contribution in [-0.2, 0) is 23.9 Å². The highest BCUT2D eigenvalue weighted by Gasteiger charge is 2.52. The van der Waals surface area contributed by atoms with E-state index in [2.05, 4.69) is 0 Å². The van der Waals surface area contributed by atoms with Crippen molar-refractivity contribution in [3.05, 3.63) is 131 Å². The van der Waals surface area contributed by atoms with Crippen LogP contribution < -0.4 is 0 Å². The smallest absolute Gasteiger partial charge is 0.166 e. The summed E-state index contributed by atoms with van der Waals surface area (Å²) in [6.07, 6.45) is -8.45. The second kappa shape index (κ2) is 12.3. The molecule has 4 bridgehead atoms. The van der Waals surface area contributed by atoms with Crippen molar-refractivity contribution < 1.29 is 39.5 Å². The Labute approximate surface area is 295 Å². The zero-order valence-corrected chi connectivity index (χ0v) is 27.8. The Bertz CT molecular complexity index is 2020. The number of benzene rings is 5. The van der Waals surface area contributed by atoms with E-state index in [1.54, 1.807) is 12.1 Å². The number of hydrogen-bond acceptors (Lipinski definition) is 0. The summed E-state index contributed by atoms with van der Waals surface area (Å²) in [6, 6.07) is 24.6. The van der Waals surface area contributed by atoms with Crippen LogP contribution in [-0.4, -0.2) is 0 Å². The molecule has 0 unspecified atom stereocenters. The number of rotatable bonds is 5. The van der Waals surface area contributed by atoms with Crippen molar-refractivity contribution in [3.63, 3.8) is 0 Å².